The minimum Gasteiger partial charge on any atom is -0.464 e. The molecule has 2 atom stereocenters. The Morgan fingerprint density at radius 3 is 2.44 bits per heavy atom. The van der Waals surface area contributed by atoms with Gasteiger partial charge in [0.1, 0.15) is 12.2 Å². The molecule has 0 aromatic carbocycles. The maximum atomic E-state index is 11.3. The predicted octanol–water partition coefficient (Wildman–Crippen LogP) is 0.780. The third kappa shape index (κ3) is 2.47. The lowest BCUT2D eigenvalue weighted by atomic mass is 10.3. The number of carbonyl (C=O) groups excluding carboxylic acids is 1. The number of anilines is 1. The van der Waals surface area contributed by atoms with E-state index in [0.717, 1.165) is 5.13 Å². The SMILES string of the molecule is COC(=O)c1csc(N2CC(OC)C(OC)C2)n1. The average molecular weight is 272 g/mol. The van der Waals surface area contributed by atoms with Crippen molar-refractivity contribution < 1.29 is 19.0 Å². The summed E-state index contributed by atoms with van der Waals surface area (Å²) in [6.07, 6.45) is 0.0564. The summed E-state index contributed by atoms with van der Waals surface area (Å²) in [7, 11) is 4.68. The van der Waals surface area contributed by atoms with E-state index in [1.54, 1.807) is 19.6 Å². The van der Waals surface area contributed by atoms with Gasteiger partial charge in [0.25, 0.3) is 0 Å². The fraction of sp³-hybridized carbons (Fsp3) is 0.636. The van der Waals surface area contributed by atoms with Crippen molar-refractivity contribution in [2.24, 2.45) is 0 Å². The summed E-state index contributed by atoms with van der Waals surface area (Å²) in [5, 5.41) is 2.49. The predicted molar refractivity (Wildman–Crippen MR) is 67.3 cm³/mol. The van der Waals surface area contributed by atoms with Gasteiger partial charge in [0.05, 0.1) is 7.11 Å². The van der Waals surface area contributed by atoms with Crippen molar-refractivity contribution in [3.8, 4) is 0 Å². The molecule has 0 radical (unpaired) electrons. The highest BCUT2D eigenvalue weighted by Crippen LogP contribution is 2.26. The lowest BCUT2D eigenvalue weighted by Crippen LogP contribution is -2.27. The molecule has 2 unspecified atom stereocenters. The standard InChI is InChI=1S/C11H16N2O4S/c1-15-8-4-13(5-9(8)16-2)11-12-7(6-18-11)10(14)17-3/h6,8-9H,4-5H2,1-3H3. The molecule has 1 aromatic rings. The van der Waals surface area contributed by atoms with Crippen LogP contribution in [0.4, 0.5) is 5.13 Å². The molecule has 1 saturated heterocycles. The Morgan fingerprint density at radius 1 is 1.33 bits per heavy atom. The molecule has 1 aliphatic heterocycles. The molecule has 0 saturated carbocycles. The Morgan fingerprint density at radius 2 is 1.94 bits per heavy atom. The van der Waals surface area contributed by atoms with Crippen LogP contribution in [0.3, 0.4) is 0 Å². The molecule has 6 nitrogen and oxygen atoms in total. The molecule has 0 amide bonds. The number of aromatic nitrogens is 1. The smallest absolute Gasteiger partial charge is 0.357 e. The summed E-state index contributed by atoms with van der Waals surface area (Å²) in [4.78, 5) is 17.7. The van der Waals surface area contributed by atoms with Crippen LogP contribution in [0.1, 0.15) is 10.5 Å². The summed E-state index contributed by atoms with van der Waals surface area (Å²) < 4.78 is 15.4. The Hall–Kier alpha value is -1.18. The van der Waals surface area contributed by atoms with Crippen LogP contribution in [0.2, 0.25) is 0 Å². The quantitative estimate of drug-likeness (QED) is 0.755. The summed E-state index contributed by atoms with van der Waals surface area (Å²) in [6.45, 7) is 1.42. The highest BCUT2D eigenvalue weighted by Gasteiger charge is 2.34. The molecule has 0 spiro atoms. The zero-order valence-corrected chi connectivity index (χ0v) is 11.4. The normalized spacial score (nSPS) is 23.4. The van der Waals surface area contributed by atoms with Gasteiger partial charge in [-0.15, -0.1) is 11.3 Å². The second-order valence-electron chi connectivity index (χ2n) is 3.96. The summed E-state index contributed by atoms with van der Waals surface area (Å²) >= 11 is 1.42. The second kappa shape index (κ2) is 5.64. The second-order valence-corrected chi connectivity index (χ2v) is 4.80. The van der Waals surface area contributed by atoms with E-state index in [-0.39, 0.29) is 12.2 Å². The minimum atomic E-state index is -0.414. The lowest BCUT2D eigenvalue weighted by molar-refractivity contribution is -0.00461. The minimum absolute atomic E-state index is 0.0282. The van der Waals surface area contributed by atoms with Gasteiger partial charge in [-0.3, -0.25) is 0 Å². The van der Waals surface area contributed by atoms with Crippen LogP contribution < -0.4 is 4.90 Å². The van der Waals surface area contributed by atoms with Crippen LogP contribution in [0.25, 0.3) is 0 Å². The number of rotatable bonds is 4. The molecule has 1 aliphatic rings. The topological polar surface area (TPSA) is 60.9 Å². The summed E-state index contributed by atoms with van der Waals surface area (Å²) in [6, 6.07) is 0. The zero-order chi connectivity index (χ0) is 13.1. The third-order valence-electron chi connectivity index (χ3n) is 2.98. The molecule has 0 N–H and O–H groups in total. The lowest BCUT2D eigenvalue weighted by Gasteiger charge is -2.13. The van der Waals surface area contributed by atoms with E-state index in [1.165, 1.54) is 18.4 Å². The molecular weight excluding hydrogens is 256 g/mol. The van der Waals surface area contributed by atoms with Crippen molar-refractivity contribution in [1.29, 1.82) is 0 Å². The van der Waals surface area contributed by atoms with Crippen LogP contribution >= 0.6 is 11.3 Å². The van der Waals surface area contributed by atoms with Crippen LogP contribution in [0.5, 0.6) is 0 Å². The Bertz CT molecular complexity index is 411. The molecule has 1 aromatic heterocycles. The van der Waals surface area contributed by atoms with Crippen molar-refractivity contribution >= 4 is 22.4 Å². The summed E-state index contributed by atoms with van der Waals surface area (Å²) in [5.74, 6) is -0.414. The summed E-state index contributed by atoms with van der Waals surface area (Å²) in [5.41, 5.74) is 0.340. The number of esters is 1. The number of thiazole rings is 1. The molecule has 0 aliphatic carbocycles. The highest BCUT2D eigenvalue weighted by molar-refractivity contribution is 7.13. The van der Waals surface area contributed by atoms with Crippen molar-refractivity contribution in [3.63, 3.8) is 0 Å². The first-order valence-electron chi connectivity index (χ1n) is 5.54. The molecule has 0 bridgehead atoms. The van der Waals surface area contributed by atoms with Gasteiger partial charge in [-0.25, -0.2) is 9.78 Å². The van der Waals surface area contributed by atoms with Crippen molar-refractivity contribution in [2.75, 3.05) is 39.3 Å². The first kappa shape index (κ1) is 13.3. The highest BCUT2D eigenvalue weighted by atomic mass is 32.1. The zero-order valence-electron chi connectivity index (χ0n) is 10.6. The Labute approximate surface area is 109 Å². The molecule has 2 rings (SSSR count). The molecular formula is C11H16N2O4S. The van der Waals surface area contributed by atoms with Crippen molar-refractivity contribution in [3.05, 3.63) is 11.1 Å². The van der Waals surface area contributed by atoms with E-state index in [9.17, 15) is 4.79 Å². The van der Waals surface area contributed by atoms with Crippen LogP contribution in [-0.2, 0) is 14.2 Å². The third-order valence-corrected chi connectivity index (χ3v) is 3.88. The van der Waals surface area contributed by atoms with Crippen LogP contribution in [0.15, 0.2) is 5.38 Å². The van der Waals surface area contributed by atoms with Crippen LogP contribution in [-0.4, -0.2) is 57.6 Å². The Balaban J connectivity index is 2.09. The molecule has 100 valence electrons. The maximum absolute atomic E-state index is 11.3. The largest absolute Gasteiger partial charge is 0.464 e. The van der Waals surface area contributed by atoms with Crippen LogP contribution in [0, 0.1) is 0 Å². The van der Waals surface area contributed by atoms with Gasteiger partial charge in [0.2, 0.25) is 0 Å². The fourth-order valence-electron chi connectivity index (χ4n) is 1.96. The van der Waals surface area contributed by atoms with Gasteiger partial charge in [0.15, 0.2) is 10.8 Å². The fourth-order valence-corrected chi connectivity index (χ4v) is 2.78. The molecule has 7 heteroatoms. The van der Waals surface area contributed by atoms with Gasteiger partial charge in [-0.05, 0) is 0 Å². The average Bonchev–Trinajstić information content (AvgIpc) is 3.03. The number of methoxy groups -OCH3 is 3. The molecule has 18 heavy (non-hydrogen) atoms. The molecule has 1 fully saturated rings. The van der Waals surface area contributed by atoms with Gasteiger partial charge in [-0.2, -0.15) is 0 Å². The van der Waals surface area contributed by atoms with Gasteiger partial charge < -0.3 is 19.1 Å². The van der Waals surface area contributed by atoms with E-state index >= 15 is 0 Å². The number of carbonyl (C=O) groups is 1. The van der Waals surface area contributed by atoms with Crippen molar-refractivity contribution in [1.82, 2.24) is 4.98 Å². The van der Waals surface area contributed by atoms with Gasteiger partial charge in [-0.1, -0.05) is 0 Å². The Kier molecular flexibility index (Phi) is 4.15. The van der Waals surface area contributed by atoms with Crippen molar-refractivity contribution in [2.45, 2.75) is 12.2 Å². The number of hydrogen-bond donors (Lipinski definition) is 0. The maximum Gasteiger partial charge on any atom is 0.357 e. The van der Waals surface area contributed by atoms with E-state index < -0.39 is 5.97 Å². The number of nitrogens with zero attached hydrogens (tertiary/aromatic N) is 2. The van der Waals surface area contributed by atoms with Gasteiger partial charge >= 0.3 is 5.97 Å². The molecule has 2 heterocycles. The van der Waals surface area contributed by atoms with E-state index in [0.29, 0.717) is 18.8 Å². The van der Waals surface area contributed by atoms with E-state index in [2.05, 4.69) is 14.6 Å². The number of ether oxygens (including phenoxy) is 3. The first-order valence-corrected chi connectivity index (χ1v) is 6.42. The first-order chi connectivity index (χ1) is 8.69. The van der Waals surface area contributed by atoms with Gasteiger partial charge in [0, 0.05) is 32.7 Å². The van der Waals surface area contributed by atoms with E-state index in [1.807, 2.05) is 0 Å². The monoisotopic (exact) mass is 272 g/mol. The number of hydrogen-bond acceptors (Lipinski definition) is 7. The van der Waals surface area contributed by atoms with E-state index in [4.69, 9.17) is 9.47 Å².